The van der Waals surface area contributed by atoms with Gasteiger partial charge >= 0.3 is 0 Å². The number of benzene rings is 1. The number of fused-ring (bicyclic) bond motifs is 1. The molecule has 0 aliphatic heterocycles. The molecule has 0 radical (unpaired) electrons. The van der Waals surface area contributed by atoms with E-state index in [-0.39, 0.29) is 24.0 Å². The molecule has 1 aromatic rings. The molecular formula is C16H26IN3. The first kappa shape index (κ1) is 17.3. The van der Waals surface area contributed by atoms with Crippen molar-refractivity contribution in [3.63, 3.8) is 0 Å². The standard InChI is InChI=1S/C16H25N3.HI/c1-12(2)5-4-10-18-16(17)19-15-9-8-13-6-3-7-14(13)11-15;/h8-9,11-12H,3-7,10H2,1-2H3,(H3,17,18,19);1H. The van der Waals surface area contributed by atoms with Crippen molar-refractivity contribution in [2.45, 2.75) is 46.0 Å². The van der Waals surface area contributed by atoms with E-state index in [1.165, 1.54) is 36.8 Å². The Hall–Kier alpha value is -0.780. The van der Waals surface area contributed by atoms with Gasteiger partial charge in [0.15, 0.2) is 5.96 Å². The van der Waals surface area contributed by atoms with Crippen molar-refractivity contribution < 1.29 is 0 Å². The number of guanidine groups is 1. The highest BCUT2D eigenvalue weighted by atomic mass is 127. The van der Waals surface area contributed by atoms with Crippen LogP contribution in [0.4, 0.5) is 5.69 Å². The fraction of sp³-hybridized carbons (Fsp3) is 0.562. The van der Waals surface area contributed by atoms with Crippen molar-refractivity contribution in [2.75, 3.05) is 11.9 Å². The molecule has 1 aliphatic rings. The van der Waals surface area contributed by atoms with Crippen molar-refractivity contribution in [1.82, 2.24) is 0 Å². The molecule has 4 heteroatoms. The van der Waals surface area contributed by atoms with Crippen molar-refractivity contribution >= 4 is 35.6 Å². The predicted molar refractivity (Wildman–Crippen MR) is 98.1 cm³/mol. The van der Waals surface area contributed by atoms with Crippen molar-refractivity contribution in [1.29, 1.82) is 0 Å². The number of aliphatic imine (C=N–C) groups is 1. The van der Waals surface area contributed by atoms with Crippen LogP contribution >= 0.6 is 24.0 Å². The molecule has 2 rings (SSSR count). The lowest BCUT2D eigenvalue weighted by molar-refractivity contribution is 0.561. The van der Waals surface area contributed by atoms with Gasteiger partial charge in [0.25, 0.3) is 0 Å². The second kappa shape index (κ2) is 8.49. The minimum atomic E-state index is 0. The largest absolute Gasteiger partial charge is 0.370 e. The van der Waals surface area contributed by atoms with Gasteiger partial charge < -0.3 is 11.1 Å². The first-order chi connectivity index (χ1) is 9.15. The second-order valence-electron chi connectivity index (χ2n) is 5.77. The zero-order valence-electron chi connectivity index (χ0n) is 12.5. The van der Waals surface area contributed by atoms with Crippen molar-refractivity contribution in [2.24, 2.45) is 16.6 Å². The zero-order valence-corrected chi connectivity index (χ0v) is 14.8. The number of nitrogens with one attached hydrogen (secondary N) is 1. The van der Waals surface area contributed by atoms with Gasteiger partial charge in [0.05, 0.1) is 0 Å². The minimum absolute atomic E-state index is 0. The number of nitrogens with two attached hydrogens (primary N) is 1. The van der Waals surface area contributed by atoms with E-state index in [2.05, 4.69) is 42.4 Å². The topological polar surface area (TPSA) is 50.4 Å². The number of nitrogens with zero attached hydrogens (tertiary/aromatic N) is 1. The molecular weight excluding hydrogens is 361 g/mol. The number of halogens is 1. The second-order valence-corrected chi connectivity index (χ2v) is 5.77. The predicted octanol–water partition coefficient (Wildman–Crippen LogP) is 3.96. The van der Waals surface area contributed by atoms with E-state index in [1.807, 2.05) is 0 Å². The Morgan fingerprint density at radius 1 is 1.30 bits per heavy atom. The fourth-order valence-corrected chi connectivity index (χ4v) is 2.54. The molecule has 3 nitrogen and oxygen atoms in total. The lowest BCUT2D eigenvalue weighted by Crippen LogP contribution is -2.23. The van der Waals surface area contributed by atoms with Gasteiger partial charge in [-0.25, -0.2) is 0 Å². The Bertz CT molecular complexity index is 455. The molecule has 0 aromatic heterocycles. The summed E-state index contributed by atoms with van der Waals surface area (Å²) in [5.41, 5.74) is 9.91. The van der Waals surface area contributed by atoms with Gasteiger partial charge in [0.1, 0.15) is 0 Å². The SMILES string of the molecule is CC(C)CCCN=C(N)Nc1ccc2c(c1)CCC2.I. The first-order valence-electron chi connectivity index (χ1n) is 7.34. The summed E-state index contributed by atoms with van der Waals surface area (Å²) < 4.78 is 0. The summed E-state index contributed by atoms with van der Waals surface area (Å²) in [6, 6.07) is 6.51. The third-order valence-electron chi connectivity index (χ3n) is 3.59. The van der Waals surface area contributed by atoms with Gasteiger partial charge in [-0.1, -0.05) is 19.9 Å². The molecule has 0 heterocycles. The zero-order chi connectivity index (χ0) is 13.7. The maximum atomic E-state index is 5.91. The van der Waals surface area contributed by atoms with Crippen LogP contribution in [-0.2, 0) is 12.8 Å². The van der Waals surface area contributed by atoms with Crippen LogP contribution in [0.1, 0.15) is 44.2 Å². The average Bonchev–Trinajstić information content (AvgIpc) is 2.82. The smallest absolute Gasteiger partial charge is 0.193 e. The van der Waals surface area contributed by atoms with Crippen molar-refractivity contribution in [3.05, 3.63) is 29.3 Å². The molecule has 0 saturated carbocycles. The third kappa shape index (κ3) is 5.31. The molecule has 0 bridgehead atoms. The Labute approximate surface area is 139 Å². The number of anilines is 1. The minimum Gasteiger partial charge on any atom is -0.370 e. The summed E-state index contributed by atoms with van der Waals surface area (Å²) in [5, 5.41) is 3.19. The highest BCUT2D eigenvalue weighted by molar-refractivity contribution is 14.0. The molecule has 0 atom stereocenters. The van der Waals surface area contributed by atoms with E-state index < -0.39 is 0 Å². The van der Waals surface area contributed by atoms with Crippen LogP contribution in [0, 0.1) is 5.92 Å². The van der Waals surface area contributed by atoms with Crippen LogP contribution in [-0.4, -0.2) is 12.5 Å². The fourth-order valence-electron chi connectivity index (χ4n) is 2.54. The Balaban J connectivity index is 0.00000200. The van der Waals surface area contributed by atoms with Gasteiger partial charge in [-0.3, -0.25) is 4.99 Å². The Morgan fingerprint density at radius 2 is 2.05 bits per heavy atom. The van der Waals surface area contributed by atoms with E-state index in [9.17, 15) is 0 Å². The summed E-state index contributed by atoms with van der Waals surface area (Å²) in [7, 11) is 0. The summed E-state index contributed by atoms with van der Waals surface area (Å²) >= 11 is 0. The van der Waals surface area contributed by atoms with E-state index in [0.29, 0.717) is 5.96 Å². The lowest BCUT2D eigenvalue weighted by atomic mass is 10.1. The highest BCUT2D eigenvalue weighted by Gasteiger charge is 2.10. The molecule has 0 saturated heterocycles. The molecule has 0 amide bonds. The molecule has 112 valence electrons. The quantitative estimate of drug-likeness (QED) is 0.348. The van der Waals surface area contributed by atoms with E-state index >= 15 is 0 Å². The Morgan fingerprint density at radius 3 is 2.80 bits per heavy atom. The summed E-state index contributed by atoms with van der Waals surface area (Å²) in [5.74, 6) is 1.27. The highest BCUT2D eigenvalue weighted by Crippen LogP contribution is 2.24. The average molecular weight is 387 g/mol. The molecule has 3 N–H and O–H groups in total. The van der Waals surface area contributed by atoms with Crippen LogP contribution in [0.2, 0.25) is 0 Å². The van der Waals surface area contributed by atoms with Crippen LogP contribution in [0.3, 0.4) is 0 Å². The van der Waals surface area contributed by atoms with Crippen LogP contribution in [0.15, 0.2) is 23.2 Å². The molecule has 1 aliphatic carbocycles. The Kier molecular flexibility index (Phi) is 7.34. The summed E-state index contributed by atoms with van der Waals surface area (Å²) in [6.45, 7) is 5.27. The van der Waals surface area contributed by atoms with E-state index in [0.717, 1.165) is 24.6 Å². The van der Waals surface area contributed by atoms with Crippen molar-refractivity contribution in [3.8, 4) is 0 Å². The van der Waals surface area contributed by atoms with Crippen LogP contribution in [0.25, 0.3) is 0 Å². The van der Waals surface area contributed by atoms with Gasteiger partial charge in [-0.15, -0.1) is 24.0 Å². The van der Waals surface area contributed by atoms with E-state index in [1.54, 1.807) is 0 Å². The lowest BCUT2D eigenvalue weighted by Gasteiger charge is -2.08. The number of hydrogen-bond donors (Lipinski definition) is 2. The van der Waals surface area contributed by atoms with Crippen LogP contribution in [0.5, 0.6) is 0 Å². The summed E-state index contributed by atoms with van der Waals surface area (Å²) in [6.07, 6.45) is 5.99. The summed E-state index contributed by atoms with van der Waals surface area (Å²) in [4.78, 5) is 4.37. The first-order valence-corrected chi connectivity index (χ1v) is 7.34. The number of aryl methyl sites for hydroxylation is 2. The normalized spacial score (nSPS) is 14.1. The maximum absolute atomic E-state index is 5.91. The molecule has 0 spiro atoms. The molecule has 20 heavy (non-hydrogen) atoms. The van der Waals surface area contributed by atoms with Crippen LogP contribution < -0.4 is 11.1 Å². The molecule has 1 aromatic carbocycles. The van der Waals surface area contributed by atoms with Gasteiger partial charge in [0.2, 0.25) is 0 Å². The monoisotopic (exact) mass is 387 g/mol. The third-order valence-corrected chi connectivity index (χ3v) is 3.59. The van der Waals surface area contributed by atoms with Gasteiger partial charge in [-0.05, 0) is 61.3 Å². The van der Waals surface area contributed by atoms with Gasteiger partial charge in [-0.2, -0.15) is 0 Å². The number of hydrogen-bond acceptors (Lipinski definition) is 1. The molecule has 0 fully saturated rings. The van der Waals surface area contributed by atoms with Gasteiger partial charge in [0, 0.05) is 12.2 Å². The molecule has 0 unspecified atom stereocenters. The van der Waals surface area contributed by atoms with E-state index in [4.69, 9.17) is 5.73 Å². The number of rotatable bonds is 5. The maximum Gasteiger partial charge on any atom is 0.193 e.